The number of carbonyl (C=O) groups is 1. The number of hydrogen-bond acceptors (Lipinski definition) is 5. The van der Waals surface area contributed by atoms with Gasteiger partial charge in [-0.1, -0.05) is 26.1 Å². The molecule has 0 amide bonds. The van der Waals surface area contributed by atoms with E-state index in [1.807, 2.05) is 0 Å². The molecule has 0 fully saturated rings. The van der Waals surface area contributed by atoms with E-state index >= 15 is 0 Å². The van der Waals surface area contributed by atoms with E-state index in [1.54, 1.807) is 13.8 Å². The number of thiocarbonyl (C=S) groups is 1. The molecule has 0 radical (unpaired) electrons. The highest BCUT2D eigenvalue weighted by Crippen LogP contribution is 2.39. The van der Waals surface area contributed by atoms with Crippen LogP contribution in [0.5, 0.6) is 0 Å². The first kappa shape index (κ1) is 22.4. The van der Waals surface area contributed by atoms with E-state index in [9.17, 15) is 26.7 Å². The molecule has 0 aliphatic heterocycles. The molecule has 11 heteroatoms. The third-order valence-corrected chi connectivity index (χ3v) is 5.01. The SMILES string of the molecule is CSC(=S)c1c(C(F)F)nc(C(F)(F)F)c(C(=O)n2cccn2)c1CC(C)C. The van der Waals surface area contributed by atoms with Crippen LogP contribution >= 0.6 is 24.0 Å². The largest absolute Gasteiger partial charge is 0.434 e. The van der Waals surface area contributed by atoms with Crippen molar-refractivity contribution in [1.29, 1.82) is 0 Å². The van der Waals surface area contributed by atoms with Gasteiger partial charge in [-0.25, -0.2) is 18.4 Å². The highest BCUT2D eigenvalue weighted by atomic mass is 32.2. The Morgan fingerprint density at radius 3 is 2.36 bits per heavy atom. The lowest BCUT2D eigenvalue weighted by Gasteiger charge is -2.22. The smallest absolute Gasteiger partial charge is 0.267 e. The van der Waals surface area contributed by atoms with E-state index in [-0.39, 0.29) is 27.7 Å². The van der Waals surface area contributed by atoms with Crippen LogP contribution in [0, 0.1) is 5.92 Å². The van der Waals surface area contributed by atoms with Gasteiger partial charge in [0.2, 0.25) is 0 Å². The van der Waals surface area contributed by atoms with E-state index in [4.69, 9.17) is 12.2 Å². The van der Waals surface area contributed by atoms with Gasteiger partial charge < -0.3 is 0 Å². The van der Waals surface area contributed by atoms with Crippen molar-refractivity contribution in [2.75, 3.05) is 6.26 Å². The number of rotatable bonds is 5. The summed E-state index contributed by atoms with van der Waals surface area (Å²) in [6.07, 6.45) is -4.56. The standard InChI is InChI=1S/C17H16F5N3OS2/c1-8(2)7-9-10(16(27)28-3)12(14(18)19)24-13(17(20,21)22)11(9)15(26)25-6-4-5-23-25/h4-6,8,14H,7H2,1-3H3. The summed E-state index contributed by atoms with van der Waals surface area (Å²) in [7, 11) is 0. The number of aromatic nitrogens is 3. The average molecular weight is 437 g/mol. The van der Waals surface area contributed by atoms with Gasteiger partial charge in [-0.2, -0.15) is 18.3 Å². The molecule has 0 aliphatic rings. The predicted octanol–water partition coefficient (Wildman–Crippen LogP) is 5.16. The third-order valence-electron chi connectivity index (χ3n) is 3.73. The van der Waals surface area contributed by atoms with E-state index < -0.39 is 35.5 Å². The van der Waals surface area contributed by atoms with Crippen LogP contribution in [0.3, 0.4) is 0 Å². The van der Waals surface area contributed by atoms with Crippen molar-refractivity contribution in [3.63, 3.8) is 0 Å². The predicted molar refractivity (Wildman–Crippen MR) is 99.9 cm³/mol. The lowest BCUT2D eigenvalue weighted by molar-refractivity contribution is -0.141. The van der Waals surface area contributed by atoms with Crippen molar-refractivity contribution in [1.82, 2.24) is 14.8 Å². The molecule has 0 aromatic carbocycles. The molecule has 0 aliphatic carbocycles. The lowest BCUT2D eigenvalue weighted by Crippen LogP contribution is -2.26. The van der Waals surface area contributed by atoms with Crippen LogP contribution in [0.25, 0.3) is 0 Å². The summed E-state index contributed by atoms with van der Waals surface area (Å²) in [6.45, 7) is 3.40. The van der Waals surface area contributed by atoms with Crippen molar-refractivity contribution in [2.45, 2.75) is 32.9 Å². The van der Waals surface area contributed by atoms with Gasteiger partial charge >= 0.3 is 6.18 Å². The molecule has 2 heterocycles. The zero-order valence-electron chi connectivity index (χ0n) is 15.1. The second-order valence-electron chi connectivity index (χ2n) is 6.22. The lowest BCUT2D eigenvalue weighted by atomic mass is 9.91. The number of nitrogens with zero attached hydrogens (tertiary/aromatic N) is 3. The number of thioether (sulfide) groups is 1. The van der Waals surface area contributed by atoms with Crippen LogP contribution in [-0.4, -0.2) is 31.1 Å². The fourth-order valence-corrected chi connectivity index (χ4v) is 3.35. The number of pyridine rings is 1. The highest BCUT2D eigenvalue weighted by molar-refractivity contribution is 8.23. The van der Waals surface area contributed by atoms with Crippen molar-refractivity contribution in [2.24, 2.45) is 5.92 Å². The number of halogens is 5. The summed E-state index contributed by atoms with van der Waals surface area (Å²) in [4.78, 5) is 16.0. The number of alkyl halides is 5. The maximum atomic E-state index is 13.7. The molecular weight excluding hydrogens is 421 g/mol. The molecule has 28 heavy (non-hydrogen) atoms. The van der Waals surface area contributed by atoms with Gasteiger partial charge in [-0.15, -0.1) is 11.8 Å². The van der Waals surface area contributed by atoms with Crippen LogP contribution in [0.1, 0.15) is 53.1 Å². The molecule has 0 N–H and O–H groups in total. The summed E-state index contributed by atoms with van der Waals surface area (Å²) in [5.41, 5.74) is -4.01. The summed E-state index contributed by atoms with van der Waals surface area (Å²) >= 11 is 6.05. The van der Waals surface area contributed by atoms with E-state index in [0.29, 0.717) is 4.68 Å². The number of carbonyl (C=O) groups excluding carboxylic acids is 1. The van der Waals surface area contributed by atoms with E-state index in [1.165, 1.54) is 24.7 Å². The molecule has 2 aromatic rings. The summed E-state index contributed by atoms with van der Waals surface area (Å²) in [5, 5.41) is 3.67. The fourth-order valence-electron chi connectivity index (χ4n) is 2.69. The Hall–Kier alpha value is -1.88. The monoisotopic (exact) mass is 437 g/mol. The second-order valence-corrected chi connectivity index (χ2v) is 7.70. The number of hydrogen-bond donors (Lipinski definition) is 0. The van der Waals surface area contributed by atoms with Crippen LogP contribution in [0.4, 0.5) is 22.0 Å². The highest BCUT2D eigenvalue weighted by Gasteiger charge is 2.42. The zero-order valence-corrected chi connectivity index (χ0v) is 16.7. The minimum Gasteiger partial charge on any atom is -0.267 e. The van der Waals surface area contributed by atoms with Crippen molar-refractivity contribution >= 4 is 34.1 Å². The Morgan fingerprint density at radius 2 is 1.93 bits per heavy atom. The van der Waals surface area contributed by atoms with Crippen LogP contribution < -0.4 is 0 Å². The molecule has 2 rings (SSSR count). The van der Waals surface area contributed by atoms with Crippen LogP contribution in [0.15, 0.2) is 18.5 Å². The first-order valence-electron chi connectivity index (χ1n) is 8.03. The molecule has 2 aromatic heterocycles. The Labute approximate surface area is 167 Å². The first-order valence-corrected chi connectivity index (χ1v) is 9.67. The zero-order chi connectivity index (χ0) is 21.2. The Morgan fingerprint density at radius 1 is 1.29 bits per heavy atom. The molecule has 0 bridgehead atoms. The fraction of sp³-hybridized carbons (Fsp3) is 0.412. The maximum absolute atomic E-state index is 13.7. The minimum atomic E-state index is -5.12. The van der Waals surface area contributed by atoms with Crippen molar-refractivity contribution in [3.05, 3.63) is 46.5 Å². The molecular formula is C17H16F5N3OS2. The Kier molecular flexibility index (Phi) is 6.92. The van der Waals surface area contributed by atoms with Gasteiger partial charge in [0.15, 0.2) is 5.69 Å². The quantitative estimate of drug-likeness (QED) is 0.478. The normalized spacial score (nSPS) is 12.1. The van der Waals surface area contributed by atoms with Gasteiger partial charge in [-0.05, 0) is 30.2 Å². The molecule has 4 nitrogen and oxygen atoms in total. The topological polar surface area (TPSA) is 47.8 Å². The van der Waals surface area contributed by atoms with E-state index in [2.05, 4.69) is 10.1 Å². The molecule has 0 spiro atoms. The van der Waals surface area contributed by atoms with E-state index in [0.717, 1.165) is 11.8 Å². The van der Waals surface area contributed by atoms with Gasteiger partial charge in [0.05, 0.1) is 9.76 Å². The maximum Gasteiger partial charge on any atom is 0.434 e. The third kappa shape index (κ3) is 4.57. The van der Waals surface area contributed by atoms with Gasteiger partial charge in [0.25, 0.3) is 12.3 Å². The second kappa shape index (κ2) is 8.64. The summed E-state index contributed by atoms with van der Waals surface area (Å²) < 4.78 is 69.0. The molecule has 152 valence electrons. The first-order chi connectivity index (χ1) is 13.0. The van der Waals surface area contributed by atoms with Crippen molar-refractivity contribution < 1.29 is 26.7 Å². The van der Waals surface area contributed by atoms with Gasteiger partial charge in [-0.3, -0.25) is 4.79 Å². The van der Waals surface area contributed by atoms with Crippen molar-refractivity contribution in [3.8, 4) is 0 Å². The Bertz CT molecular complexity index is 880. The van der Waals surface area contributed by atoms with Crippen LogP contribution in [0.2, 0.25) is 0 Å². The summed E-state index contributed by atoms with van der Waals surface area (Å²) in [6, 6.07) is 1.36. The molecule has 0 atom stereocenters. The Balaban J connectivity index is 3.00. The van der Waals surface area contributed by atoms with Gasteiger partial charge in [0.1, 0.15) is 5.69 Å². The van der Waals surface area contributed by atoms with Crippen LogP contribution in [-0.2, 0) is 12.6 Å². The minimum absolute atomic E-state index is 0.0540. The molecule has 0 saturated carbocycles. The molecule has 0 saturated heterocycles. The average Bonchev–Trinajstić information content (AvgIpc) is 3.12. The molecule has 0 unspecified atom stereocenters. The summed E-state index contributed by atoms with van der Waals surface area (Å²) in [5.74, 6) is -1.34. The van der Waals surface area contributed by atoms with Gasteiger partial charge in [0, 0.05) is 18.0 Å².